The molecule has 2 saturated carbocycles. The fourth-order valence-corrected chi connectivity index (χ4v) is 3.64. The zero-order valence-electron chi connectivity index (χ0n) is 11.8. The molecule has 6 heteroatoms. The van der Waals surface area contributed by atoms with Gasteiger partial charge in [-0.2, -0.15) is 0 Å². The van der Waals surface area contributed by atoms with Crippen LogP contribution in [0.1, 0.15) is 25.7 Å². The fraction of sp³-hybridized carbons (Fsp3) is 0.643. The molecule has 0 aliphatic heterocycles. The lowest BCUT2D eigenvalue weighted by molar-refractivity contribution is -0.121. The third-order valence-electron chi connectivity index (χ3n) is 4.85. The number of hydrogen-bond donors (Lipinski definition) is 1. The second-order valence-electron chi connectivity index (χ2n) is 6.04. The Morgan fingerprint density at radius 2 is 1.95 bits per heavy atom. The second-order valence-corrected chi connectivity index (χ2v) is 6.04. The number of aromatic nitrogens is 2. The lowest BCUT2D eigenvalue weighted by Gasteiger charge is -2.21. The molecule has 2 bridgehead atoms. The molecule has 108 valence electrons. The number of hydrogen-bond acceptors (Lipinski definition) is 3. The largest absolute Gasteiger partial charge is 0.332 e. The first kappa shape index (κ1) is 13.1. The number of nitrogens with one attached hydrogen (secondary N) is 1. The second kappa shape index (κ2) is 4.61. The van der Waals surface area contributed by atoms with Gasteiger partial charge in [0.2, 0.25) is 5.91 Å². The van der Waals surface area contributed by atoms with Crippen LogP contribution < -0.4 is 16.6 Å². The quantitative estimate of drug-likeness (QED) is 0.853. The van der Waals surface area contributed by atoms with Crippen LogP contribution in [0.25, 0.3) is 0 Å². The average molecular weight is 277 g/mol. The number of amides is 1. The van der Waals surface area contributed by atoms with Gasteiger partial charge in [0, 0.05) is 26.1 Å². The van der Waals surface area contributed by atoms with E-state index in [1.165, 1.54) is 24.1 Å². The van der Waals surface area contributed by atoms with Crippen molar-refractivity contribution in [1.29, 1.82) is 0 Å². The van der Waals surface area contributed by atoms with Gasteiger partial charge < -0.3 is 5.32 Å². The molecular weight excluding hydrogens is 258 g/mol. The fourth-order valence-electron chi connectivity index (χ4n) is 3.64. The highest BCUT2D eigenvalue weighted by molar-refractivity contribution is 5.92. The van der Waals surface area contributed by atoms with Crippen LogP contribution in [0.4, 0.5) is 5.82 Å². The van der Waals surface area contributed by atoms with Crippen molar-refractivity contribution in [2.24, 2.45) is 31.8 Å². The van der Waals surface area contributed by atoms with Gasteiger partial charge in [0.15, 0.2) is 0 Å². The highest BCUT2D eigenvalue weighted by atomic mass is 16.2. The van der Waals surface area contributed by atoms with Crippen LogP contribution >= 0.6 is 0 Å². The summed E-state index contributed by atoms with van der Waals surface area (Å²) in [5.74, 6) is 1.42. The summed E-state index contributed by atoms with van der Waals surface area (Å²) in [5.41, 5.74) is -0.836. The Kier molecular flexibility index (Phi) is 3.03. The number of fused-ring (bicyclic) bond motifs is 2. The standard InChI is InChI=1S/C14H19N3O3/c1-16-11(7-12(18)17(2)14(16)20)15-13(19)10-6-8-3-4-9(10)5-8/h7-10H,3-6H2,1-2H3,(H,15,19)/t8-,9+,10-/m0/s1. The molecule has 2 aliphatic carbocycles. The molecular formula is C14H19N3O3. The molecule has 0 radical (unpaired) electrons. The van der Waals surface area contributed by atoms with Crippen molar-refractivity contribution in [2.75, 3.05) is 5.32 Å². The minimum absolute atomic E-state index is 0.0351. The van der Waals surface area contributed by atoms with Gasteiger partial charge >= 0.3 is 5.69 Å². The first-order valence-corrected chi connectivity index (χ1v) is 7.05. The first-order valence-electron chi connectivity index (χ1n) is 7.05. The van der Waals surface area contributed by atoms with Gasteiger partial charge in [-0.1, -0.05) is 6.42 Å². The third-order valence-corrected chi connectivity index (χ3v) is 4.85. The van der Waals surface area contributed by atoms with Crippen LogP contribution in [-0.4, -0.2) is 15.0 Å². The van der Waals surface area contributed by atoms with Gasteiger partial charge in [-0.05, 0) is 31.1 Å². The first-order chi connectivity index (χ1) is 9.47. The van der Waals surface area contributed by atoms with E-state index in [2.05, 4.69) is 5.32 Å². The summed E-state index contributed by atoms with van der Waals surface area (Å²) in [6, 6.07) is 1.30. The van der Waals surface area contributed by atoms with Gasteiger partial charge in [-0.3, -0.25) is 18.7 Å². The maximum Gasteiger partial charge on any atom is 0.332 e. The number of carbonyl (C=O) groups is 1. The van der Waals surface area contributed by atoms with Gasteiger partial charge in [0.1, 0.15) is 5.82 Å². The van der Waals surface area contributed by atoms with Gasteiger partial charge in [-0.25, -0.2) is 4.79 Å². The average Bonchev–Trinajstić information content (AvgIpc) is 3.05. The van der Waals surface area contributed by atoms with Crippen LogP contribution in [-0.2, 0) is 18.9 Å². The molecule has 1 aromatic rings. The highest BCUT2D eigenvalue weighted by Gasteiger charge is 2.43. The van der Waals surface area contributed by atoms with Crippen LogP contribution in [0.3, 0.4) is 0 Å². The van der Waals surface area contributed by atoms with E-state index in [0.29, 0.717) is 11.8 Å². The smallest absolute Gasteiger partial charge is 0.312 e. The molecule has 2 aliphatic rings. The Labute approximate surface area is 116 Å². The molecule has 0 spiro atoms. The molecule has 1 heterocycles. The number of nitrogens with zero attached hydrogens (tertiary/aromatic N) is 2. The van der Waals surface area contributed by atoms with Crippen molar-refractivity contribution in [2.45, 2.75) is 25.7 Å². The number of carbonyl (C=O) groups excluding carboxylic acids is 1. The predicted molar refractivity (Wildman–Crippen MR) is 74.5 cm³/mol. The summed E-state index contributed by atoms with van der Waals surface area (Å²) in [5, 5.41) is 2.76. The van der Waals surface area contributed by atoms with Crippen molar-refractivity contribution < 1.29 is 4.79 Å². The van der Waals surface area contributed by atoms with Gasteiger partial charge in [-0.15, -0.1) is 0 Å². The van der Waals surface area contributed by atoms with Crippen molar-refractivity contribution in [3.8, 4) is 0 Å². The Morgan fingerprint density at radius 3 is 2.55 bits per heavy atom. The molecule has 1 amide bonds. The lowest BCUT2D eigenvalue weighted by atomic mass is 9.88. The molecule has 20 heavy (non-hydrogen) atoms. The van der Waals surface area contributed by atoms with Crippen molar-refractivity contribution in [3.63, 3.8) is 0 Å². The molecule has 1 aromatic heterocycles. The van der Waals surface area contributed by atoms with Gasteiger partial charge in [0.25, 0.3) is 5.56 Å². The minimum Gasteiger partial charge on any atom is -0.312 e. The van der Waals surface area contributed by atoms with E-state index >= 15 is 0 Å². The Morgan fingerprint density at radius 1 is 1.20 bits per heavy atom. The van der Waals surface area contributed by atoms with E-state index in [9.17, 15) is 14.4 Å². The molecule has 0 unspecified atom stereocenters. The molecule has 6 nitrogen and oxygen atoms in total. The van der Waals surface area contributed by atoms with Gasteiger partial charge in [0.05, 0.1) is 0 Å². The van der Waals surface area contributed by atoms with E-state index in [1.807, 2.05) is 0 Å². The molecule has 0 aromatic carbocycles. The van der Waals surface area contributed by atoms with E-state index in [-0.39, 0.29) is 17.6 Å². The summed E-state index contributed by atoms with van der Waals surface area (Å²) in [4.78, 5) is 35.8. The summed E-state index contributed by atoms with van der Waals surface area (Å²) < 4.78 is 2.32. The predicted octanol–water partition coefficient (Wildman–Crippen LogP) is 0.459. The summed E-state index contributed by atoms with van der Waals surface area (Å²) in [6.45, 7) is 0. The monoisotopic (exact) mass is 277 g/mol. The van der Waals surface area contributed by atoms with E-state index < -0.39 is 11.2 Å². The molecule has 0 saturated heterocycles. The SMILES string of the molecule is Cn1c(NC(=O)[C@H]2C[C@H]3CC[C@@H]2C3)cc(=O)n(C)c1=O. The van der Waals surface area contributed by atoms with Crippen molar-refractivity contribution in [3.05, 3.63) is 26.9 Å². The zero-order chi connectivity index (χ0) is 14.4. The normalized spacial score (nSPS) is 27.8. The molecule has 1 N–H and O–H groups in total. The summed E-state index contributed by atoms with van der Waals surface area (Å²) in [6.07, 6.45) is 4.44. The third kappa shape index (κ3) is 1.99. The van der Waals surface area contributed by atoms with Crippen LogP contribution in [0, 0.1) is 17.8 Å². The number of rotatable bonds is 2. The lowest BCUT2D eigenvalue weighted by Crippen LogP contribution is -2.39. The van der Waals surface area contributed by atoms with E-state index in [4.69, 9.17) is 0 Å². The van der Waals surface area contributed by atoms with E-state index in [0.717, 1.165) is 23.8 Å². The van der Waals surface area contributed by atoms with Crippen LogP contribution in [0.2, 0.25) is 0 Å². The highest BCUT2D eigenvalue weighted by Crippen LogP contribution is 2.48. The summed E-state index contributed by atoms with van der Waals surface area (Å²) in [7, 11) is 2.98. The Bertz CT molecular complexity index is 673. The summed E-state index contributed by atoms with van der Waals surface area (Å²) >= 11 is 0. The zero-order valence-corrected chi connectivity index (χ0v) is 11.8. The maximum absolute atomic E-state index is 12.3. The Hall–Kier alpha value is -1.85. The van der Waals surface area contributed by atoms with Crippen molar-refractivity contribution in [1.82, 2.24) is 9.13 Å². The maximum atomic E-state index is 12.3. The molecule has 2 fully saturated rings. The molecule has 3 rings (SSSR count). The number of anilines is 1. The van der Waals surface area contributed by atoms with Crippen LogP contribution in [0.5, 0.6) is 0 Å². The minimum atomic E-state index is -0.430. The van der Waals surface area contributed by atoms with Crippen LogP contribution in [0.15, 0.2) is 15.7 Å². The Balaban J connectivity index is 1.83. The van der Waals surface area contributed by atoms with E-state index in [1.54, 1.807) is 7.05 Å². The topological polar surface area (TPSA) is 73.1 Å². The molecule has 3 atom stereocenters. The van der Waals surface area contributed by atoms with Crippen molar-refractivity contribution >= 4 is 11.7 Å².